The lowest BCUT2D eigenvalue weighted by Crippen LogP contribution is -3.23. The molecule has 1 aliphatic rings. The molecule has 2 aromatic carbocycles. The largest absolute Gasteiger partial charge is 0.702 e. The molecule has 4 heteroatoms. The van der Waals surface area contributed by atoms with Gasteiger partial charge in [-0.2, -0.15) is 0 Å². The molecular weight excluding hydrogens is 278 g/mol. The second-order valence-corrected chi connectivity index (χ2v) is 5.96. The highest BCUT2D eigenvalue weighted by Gasteiger charge is 2.34. The highest BCUT2D eigenvalue weighted by Crippen LogP contribution is 2.14. The minimum atomic E-state index is -0.0786. The molecule has 0 aliphatic carbocycles. The molecule has 0 bridgehead atoms. The zero-order valence-electron chi connectivity index (χ0n) is 12.2. The molecule has 1 saturated heterocycles. The first kappa shape index (κ1) is 14.3. The highest BCUT2D eigenvalue weighted by atomic mass is 32.1. The summed E-state index contributed by atoms with van der Waals surface area (Å²) < 4.78 is 0. The summed E-state index contributed by atoms with van der Waals surface area (Å²) in [7, 11) is 0. The van der Waals surface area contributed by atoms with Crippen LogP contribution in [0.3, 0.4) is 0 Å². The molecule has 2 N–H and O–H groups in total. The molecule has 1 heterocycles. The van der Waals surface area contributed by atoms with Gasteiger partial charge in [-0.3, -0.25) is 0 Å². The number of nitrogens with zero attached hydrogens (tertiary/aromatic N) is 1. The van der Waals surface area contributed by atoms with Crippen molar-refractivity contribution < 1.29 is 5.01 Å². The standard InChI is InChI=1S/C17H21N3S/c1-14-12-13-19(16-10-6-3-7-11-16)20(14)17(21)18-15-8-4-2-5-9-15/h2-11,14,17-18,21H,12-13H2,1H3/t14-,17?/m1/s1. The lowest BCUT2D eigenvalue weighted by atomic mass is 10.2. The molecule has 1 aliphatic heterocycles. The molecule has 2 aromatic rings. The van der Waals surface area contributed by atoms with Gasteiger partial charge in [0, 0.05) is 12.1 Å². The summed E-state index contributed by atoms with van der Waals surface area (Å²) in [4.78, 5) is 0. The summed E-state index contributed by atoms with van der Waals surface area (Å²) in [5.41, 5.74) is 2.24. The fraction of sp³-hybridized carbons (Fsp3) is 0.294. The summed E-state index contributed by atoms with van der Waals surface area (Å²) in [5.74, 6) is 0. The first-order valence-electron chi connectivity index (χ1n) is 7.42. The zero-order chi connectivity index (χ0) is 14.7. The molecular formula is C17H21N3S. The lowest BCUT2D eigenvalue weighted by Gasteiger charge is -2.39. The summed E-state index contributed by atoms with van der Waals surface area (Å²) in [5, 5.41) is 7.13. The van der Waals surface area contributed by atoms with Crippen molar-refractivity contribution in [2.24, 2.45) is 0 Å². The SMILES string of the molecule is C[C@@H]1CCN(c2ccccc2)[NH+]1C([S-])Nc1ccccc1. The van der Waals surface area contributed by atoms with E-state index < -0.39 is 0 Å². The van der Waals surface area contributed by atoms with Gasteiger partial charge < -0.3 is 17.9 Å². The van der Waals surface area contributed by atoms with Crippen molar-refractivity contribution in [3.8, 4) is 0 Å². The third-order valence-electron chi connectivity index (χ3n) is 4.01. The second kappa shape index (κ2) is 6.41. The Morgan fingerprint density at radius 3 is 2.38 bits per heavy atom. The molecule has 1 fully saturated rings. The smallest absolute Gasteiger partial charge is 0.109 e. The maximum absolute atomic E-state index is 5.74. The first-order valence-corrected chi connectivity index (χ1v) is 7.89. The van der Waals surface area contributed by atoms with Crippen LogP contribution < -0.4 is 15.3 Å². The van der Waals surface area contributed by atoms with Crippen molar-refractivity contribution in [3.05, 3.63) is 60.7 Å². The van der Waals surface area contributed by atoms with Gasteiger partial charge in [-0.05, 0) is 31.2 Å². The molecule has 0 amide bonds. The van der Waals surface area contributed by atoms with E-state index >= 15 is 0 Å². The number of rotatable bonds is 4. The fourth-order valence-corrected chi connectivity index (χ4v) is 3.41. The van der Waals surface area contributed by atoms with Crippen LogP contribution in [-0.2, 0) is 12.6 Å². The molecule has 3 rings (SSSR count). The zero-order valence-corrected chi connectivity index (χ0v) is 13.0. The lowest BCUT2D eigenvalue weighted by molar-refractivity contribution is -0.925. The Labute approximate surface area is 132 Å². The van der Waals surface area contributed by atoms with Gasteiger partial charge in [-0.25, -0.2) is 10.0 Å². The first-order chi connectivity index (χ1) is 10.3. The highest BCUT2D eigenvalue weighted by molar-refractivity contribution is 7.59. The summed E-state index contributed by atoms with van der Waals surface area (Å²) in [6.07, 6.45) is 1.16. The van der Waals surface area contributed by atoms with E-state index in [9.17, 15) is 0 Å². The van der Waals surface area contributed by atoms with Gasteiger partial charge in [0.05, 0.1) is 17.7 Å². The van der Waals surface area contributed by atoms with E-state index in [4.69, 9.17) is 12.6 Å². The molecule has 0 aromatic heterocycles. The molecule has 21 heavy (non-hydrogen) atoms. The number of hydrogen-bond donors (Lipinski definition) is 2. The van der Waals surface area contributed by atoms with Crippen molar-refractivity contribution in [3.63, 3.8) is 0 Å². The van der Waals surface area contributed by atoms with Gasteiger partial charge in [-0.1, -0.05) is 36.4 Å². The fourth-order valence-electron chi connectivity index (χ4n) is 2.91. The van der Waals surface area contributed by atoms with Crippen LogP contribution in [0.15, 0.2) is 60.7 Å². The van der Waals surface area contributed by atoms with Gasteiger partial charge in [0.25, 0.3) is 0 Å². The summed E-state index contributed by atoms with van der Waals surface area (Å²) in [6, 6.07) is 21.2. The van der Waals surface area contributed by atoms with E-state index in [1.54, 1.807) is 0 Å². The number of nitrogens with one attached hydrogen (secondary N) is 2. The molecule has 0 spiro atoms. The van der Waals surface area contributed by atoms with E-state index in [0.717, 1.165) is 18.7 Å². The maximum atomic E-state index is 5.74. The van der Waals surface area contributed by atoms with Gasteiger partial charge in [0.1, 0.15) is 6.04 Å². The molecule has 3 atom stereocenters. The van der Waals surface area contributed by atoms with Crippen LogP contribution in [0.4, 0.5) is 11.4 Å². The van der Waals surface area contributed by atoms with Crippen LogP contribution in [-0.4, -0.2) is 18.1 Å². The number of para-hydroxylation sites is 2. The van der Waals surface area contributed by atoms with Crippen LogP contribution in [0.5, 0.6) is 0 Å². The Balaban J connectivity index is 1.78. The number of anilines is 2. The van der Waals surface area contributed by atoms with Gasteiger partial charge >= 0.3 is 0 Å². The second-order valence-electron chi connectivity index (χ2n) is 5.49. The van der Waals surface area contributed by atoms with Crippen LogP contribution in [0, 0.1) is 0 Å². The van der Waals surface area contributed by atoms with Crippen molar-refractivity contribution in [2.45, 2.75) is 24.9 Å². The minimum absolute atomic E-state index is 0.0786. The quantitative estimate of drug-likeness (QED) is 0.843. The monoisotopic (exact) mass is 299 g/mol. The Morgan fingerprint density at radius 1 is 1.10 bits per heavy atom. The van der Waals surface area contributed by atoms with Crippen molar-refractivity contribution in [2.75, 3.05) is 16.9 Å². The third-order valence-corrected chi connectivity index (χ3v) is 4.37. The molecule has 0 radical (unpaired) electrons. The van der Waals surface area contributed by atoms with Crippen LogP contribution in [0.1, 0.15) is 13.3 Å². The number of quaternary nitrogens is 1. The predicted octanol–water partition coefficient (Wildman–Crippen LogP) is 2.03. The third kappa shape index (κ3) is 3.17. The Hall–Kier alpha value is -1.65. The van der Waals surface area contributed by atoms with Crippen LogP contribution in [0.2, 0.25) is 0 Å². The molecule has 2 unspecified atom stereocenters. The number of benzene rings is 2. The van der Waals surface area contributed by atoms with Crippen LogP contribution in [0.25, 0.3) is 0 Å². The molecule has 0 saturated carbocycles. The maximum Gasteiger partial charge on any atom is 0.109 e. The van der Waals surface area contributed by atoms with E-state index in [1.807, 2.05) is 18.2 Å². The Kier molecular flexibility index (Phi) is 4.36. The topological polar surface area (TPSA) is 19.7 Å². The van der Waals surface area contributed by atoms with Gasteiger partial charge in [-0.15, -0.1) is 0 Å². The number of hydrogen-bond acceptors (Lipinski definition) is 3. The van der Waals surface area contributed by atoms with E-state index in [0.29, 0.717) is 6.04 Å². The minimum Gasteiger partial charge on any atom is -0.702 e. The van der Waals surface area contributed by atoms with Crippen molar-refractivity contribution in [1.29, 1.82) is 0 Å². The Morgan fingerprint density at radius 2 is 1.71 bits per heavy atom. The van der Waals surface area contributed by atoms with Crippen molar-refractivity contribution >= 4 is 24.0 Å². The predicted molar refractivity (Wildman–Crippen MR) is 90.0 cm³/mol. The van der Waals surface area contributed by atoms with E-state index in [2.05, 4.69) is 59.7 Å². The molecule has 3 nitrogen and oxygen atoms in total. The van der Waals surface area contributed by atoms with Gasteiger partial charge in [0.2, 0.25) is 0 Å². The van der Waals surface area contributed by atoms with E-state index in [-0.39, 0.29) is 5.50 Å². The normalized spacial score (nSPS) is 23.0. The van der Waals surface area contributed by atoms with Gasteiger partial charge in [0.15, 0.2) is 0 Å². The molecule has 110 valence electrons. The van der Waals surface area contributed by atoms with Crippen LogP contribution >= 0.6 is 0 Å². The summed E-state index contributed by atoms with van der Waals surface area (Å²) >= 11 is 5.74. The average Bonchev–Trinajstić information content (AvgIpc) is 2.91. The van der Waals surface area contributed by atoms with Crippen molar-refractivity contribution in [1.82, 2.24) is 0 Å². The Bertz CT molecular complexity index is 561. The van der Waals surface area contributed by atoms with E-state index in [1.165, 1.54) is 10.7 Å². The average molecular weight is 299 g/mol. The summed E-state index contributed by atoms with van der Waals surface area (Å²) in [6.45, 7) is 3.31.